The minimum Gasteiger partial charge on any atom is -0.325 e. The highest BCUT2D eigenvalue weighted by atomic mass is 127. The van der Waals surface area contributed by atoms with Crippen LogP contribution in [0, 0.1) is 3.57 Å². The summed E-state index contributed by atoms with van der Waals surface area (Å²) in [6.07, 6.45) is 0. The van der Waals surface area contributed by atoms with E-state index in [4.69, 9.17) is 5.73 Å². The van der Waals surface area contributed by atoms with Crippen LogP contribution in [0.2, 0.25) is 0 Å². The van der Waals surface area contributed by atoms with E-state index < -0.39 is 0 Å². The number of benzene rings is 1. The summed E-state index contributed by atoms with van der Waals surface area (Å²) in [6, 6.07) is 7.55. The monoisotopic (exact) mass is 276 g/mol. The summed E-state index contributed by atoms with van der Waals surface area (Å²) in [6.45, 7) is 0.0193. The molecular weight excluding hydrogens is 267 g/mol. The van der Waals surface area contributed by atoms with Gasteiger partial charge in [-0.05, 0) is 40.8 Å². The molecule has 0 aliphatic heterocycles. The molecule has 3 N–H and O–H groups in total. The molecule has 1 aromatic carbocycles. The first-order valence-electron chi connectivity index (χ1n) is 3.48. The zero-order valence-corrected chi connectivity index (χ0v) is 8.54. The fourth-order valence-electron chi connectivity index (χ4n) is 0.778. The molecule has 12 heavy (non-hydrogen) atoms. The van der Waals surface area contributed by atoms with Crippen LogP contribution in [0.4, 0.5) is 5.69 Å². The zero-order chi connectivity index (χ0) is 8.97. The molecule has 0 spiro atoms. The lowest BCUT2D eigenvalue weighted by atomic mass is 10.3. The number of hydrogen-bond acceptors (Lipinski definition) is 2. The maximum absolute atomic E-state index is 10.9. The van der Waals surface area contributed by atoms with Gasteiger partial charge in [0, 0.05) is 9.26 Å². The Labute approximate surface area is 84.5 Å². The van der Waals surface area contributed by atoms with Gasteiger partial charge in [-0.2, -0.15) is 0 Å². The predicted octanol–water partition coefficient (Wildman–Crippen LogP) is 1.19. The first-order valence-corrected chi connectivity index (χ1v) is 4.56. The Hall–Kier alpha value is -0.620. The summed E-state index contributed by atoms with van der Waals surface area (Å²) < 4.78 is 1.09. The Morgan fingerprint density at radius 1 is 1.58 bits per heavy atom. The maximum Gasteiger partial charge on any atom is 0.238 e. The van der Waals surface area contributed by atoms with Gasteiger partial charge in [-0.3, -0.25) is 4.79 Å². The summed E-state index contributed by atoms with van der Waals surface area (Å²) in [4.78, 5) is 10.9. The number of anilines is 1. The quantitative estimate of drug-likeness (QED) is 0.797. The SMILES string of the molecule is NCC(=O)Nc1cccc(I)c1. The van der Waals surface area contributed by atoms with E-state index in [0.29, 0.717) is 0 Å². The topological polar surface area (TPSA) is 55.1 Å². The predicted molar refractivity (Wildman–Crippen MR) is 56.8 cm³/mol. The highest BCUT2D eigenvalue weighted by molar-refractivity contribution is 14.1. The third-order valence-corrected chi connectivity index (χ3v) is 1.96. The lowest BCUT2D eigenvalue weighted by Crippen LogP contribution is -2.21. The Morgan fingerprint density at radius 3 is 2.92 bits per heavy atom. The van der Waals surface area contributed by atoms with E-state index in [2.05, 4.69) is 27.9 Å². The lowest BCUT2D eigenvalue weighted by Gasteiger charge is -2.02. The summed E-state index contributed by atoms with van der Waals surface area (Å²) in [5, 5.41) is 2.66. The van der Waals surface area contributed by atoms with Gasteiger partial charge in [-0.25, -0.2) is 0 Å². The second kappa shape index (κ2) is 4.42. The minimum absolute atomic E-state index is 0.0193. The van der Waals surface area contributed by atoms with E-state index in [1.54, 1.807) is 0 Å². The lowest BCUT2D eigenvalue weighted by molar-refractivity contribution is -0.114. The molecule has 3 nitrogen and oxygen atoms in total. The standard InChI is InChI=1S/C8H9IN2O/c9-6-2-1-3-7(4-6)11-8(12)5-10/h1-4H,5,10H2,(H,11,12). The third kappa shape index (κ3) is 2.78. The summed E-state index contributed by atoms with van der Waals surface area (Å²) in [5.41, 5.74) is 5.93. The fraction of sp³-hybridized carbons (Fsp3) is 0.125. The van der Waals surface area contributed by atoms with Gasteiger partial charge in [-0.15, -0.1) is 0 Å². The number of amides is 1. The zero-order valence-electron chi connectivity index (χ0n) is 6.38. The fourth-order valence-corrected chi connectivity index (χ4v) is 1.32. The molecule has 0 aliphatic carbocycles. The highest BCUT2D eigenvalue weighted by Gasteiger charge is 1.97. The van der Waals surface area contributed by atoms with Gasteiger partial charge >= 0.3 is 0 Å². The molecule has 0 heterocycles. The van der Waals surface area contributed by atoms with Gasteiger partial charge in [0.05, 0.1) is 6.54 Å². The van der Waals surface area contributed by atoms with E-state index in [1.807, 2.05) is 24.3 Å². The number of rotatable bonds is 2. The largest absolute Gasteiger partial charge is 0.325 e. The molecular formula is C8H9IN2O. The van der Waals surface area contributed by atoms with Crippen LogP contribution in [-0.4, -0.2) is 12.5 Å². The van der Waals surface area contributed by atoms with Crippen molar-refractivity contribution in [2.24, 2.45) is 5.73 Å². The first kappa shape index (κ1) is 9.47. The van der Waals surface area contributed by atoms with Crippen LogP contribution in [0.3, 0.4) is 0 Å². The van der Waals surface area contributed by atoms with E-state index in [-0.39, 0.29) is 12.5 Å². The molecule has 0 bridgehead atoms. The molecule has 64 valence electrons. The molecule has 0 unspecified atom stereocenters. The molecule has 1 aromatic rings. The van der Waals surface area contributed by atoms with Crippen LogP contribution < -0.4 is 11.1 Å². The molecule has 1 rings (SSSR count). The van der Waals surface area contributed by atoms with Gasteiger partial charge in [-0.1, -0.05) is 6.07 Å². The van der Waals surface area contributed by atoms with Crippen molar-refractivity contribution in [3.8, 4) is 0 Å². The van der Waals surface area contributed by atoms with Crippen LogP contribution in [0.15, 0.2) is 24.3 Å². The highest BCUT2D eigenvalue weighted by Crippen LogP contribution is 2.11. The summed E-state index contributed by atoms with van der Waals surface area (Å²) in [7, 11) is 0. The Bertz CT molecular complexity index is 288. The van der Waals surface area contributed by atoms with Crippen LogP contribution in [-0.2, 0) is 4.79 Å². The Morgan fingerprint density at radius 2 is 2.33 bits per heavy atom. The van der Waals surface area contributed by atoms with Gasteiger partial charge in [0.2, 0.25) is 5.91 Å². The van der Waals surface area contributed by atoms with E-state index in [1.165, 1.54) is 0 Å². The molecule has 0 radical (unpaired) electrons. The molecule has 1 amide bonds. The molecule has 0 atom stereocenters. The molecule has 0 saturated heterocycles. The second-order valence-electron chi connectivity index (χ2n) is 2.26. The molecule has 4 heteroatoms. The van der Waals surface area contributed by atoms with Gasteiger partial charge in [0.25, 0.3) is 0 Å². The summed E-state index contributed by atoms with van der Waals surface area (Å²) in [5.74, 6) is -0.169. The normalized spacial score (nSPS) is 9.50. The van der Waals surface area contributed by atoms with E-state index in [9.17, 15) is 4.79 Å². The van der Waals surface area contributed by atoms with Crippen LogP contribution in [0.5, 0.6) is 0 Å². The van der Waals surface area contributed by atoms with Crippen molar-refractivity contribution in [3.63, 3.8) is 0 Å². The molecule has 0 aliphatic rings. The van der Waals surface area contributed by atoms with E-state index >= 15 is 0 Å². The number of hydrogen-bond donors (Lipinski definition) is 2. The number of nitrogens with one attached hydrogen (secondary N) is 1. The molecule has 0 saturated carbocycles. The first-order chi connectivity index (χ1) is 5.72. The van der Waals surface area contributed by atoms with Crippen molar-refractivity contribution in [1.29, 1.82) is 0 Å². The second-order valence-corrected chi connectivity index (χ2v) is 3.51. The van der Waals surface area contributed by atoms with Crippen molar-refractivity contribution < 1.29 is 4.79 Å². The van der Waals surface area contributed by atoms with Crippen LogP contribution in [0.25, 0.3) is 0 Å². The average Bonchev–Trinajstić information content (AvgIpc) is 2.04. The number of carbonyl (C=O) groups excluding carboxylic acids is 1. The van der Waals surface area contributed by atoms with E-state index in [0.717, 1.165) is 9.26 Å². The number of carbonyl (C=O) groups is 1. The van der Waals surface area contributed by atoms with Gasteiger partial charge in [0.15, 0.2) is 0 Å². The maximum atomic E-state index is 10.9. The number of nitrogens with two attached hydrogens (primary N) is 1. The van der Waals surface area contributed by atoms with Crippen LogP contribution in [0.1, 0.15) is 0 Å². The van der Waals surface area contributed by atoms with Crippen molar-refractivity contribution in [1.82, 2.24) is 0 Å². The van der Waals surface area contributed by atoms with Gasteiger partial charge in [0.1, 0.15) is 0 Å². The van der Waals surface area contributed by atoms with Crippen molar-refractivity contribution in [3.05, 3.63) is 27.8 Å². The smallest absolute Gasteiger partial charge is 0.238 e. The molecule has 0 fully saturated rings. The summed E-state index contributed by atoms with van der Waals surface area (Å²) >= 11 is 2.18. The minimum atomic E-state index is -0.169. The van der Waals surface area contributed by atoms with Crippen molar-refractivity contribution in [2.45, 2.75) is 0 Å². The molecule has 0 aromatic heterocycles. The number of halogens is 1. The Balaban J connectivity index is 2.69. The van der Waals surface area contributed by atoms with Crippen LogP contribution >= 0.6 is 22.6 Å². The van der Waals surface area contributed by atoms with Crippen molar-refractivity contribution in [2.75, 3.05) is 11.9 Å². The average molecular weight is 276 g/mol. The Kier molecular flexibility index (Phi) is 3.48. The van der Waals surface area contributed by atoms with Crippen molar-refractivity contribution >= 4 is 34.2 Å². The third-order valence-electron chi connectivity index (χ3n) is 1.29. The van der Waals surface area contributed by atoms with Gasteiger partial charge < -0.3 is 11.1 Å².